The third kappa shape index (κ3) is 2.23. The summed E-state index contributed by atoms with van der Waals surface area (Å²) >= 11 is 0. The van der Waals surface area contributed by atoms with Crippen LogP contribution in [0.15, 0.2) is 23.3 Å². The van der Waals surface area contributed by atoms with E-state index in [4.69, 9.17) is 0 Å². The van der Waals surface area contributed by atoms with E-state index >= 15 is 0 Å². The standard InChI is InChI=1S/C20H32O/c1-13(2)14-6-8-16-15(12-14)7-9-17-19(3,4)18(21)10-11-20(16,17)5/h7,12-13,16-18,21H,6,8-11H2,1-5H3/t16-,17+,18-,20+/m0/s1. The lowest BCUT2D eigenvalue weighted by Gasteiger charge is -2.59. The summed E-state index contributed by atoms with van der Waals surface area (Å²) in [5.74, 6) is 2.02. The highest BCUT2D eigenvalue weighted by molar-refractivity contribution is 5.35. The van der Waals surface area contributed by atoms with Gasteiger partial charge in [0.25, 0.3) is 0 Å². The molecule has 21 heavy (non-hydrogen) atoms. The van der Waals surface area contributed by atoms with Crippen LogP contribution in [0.4, 0.5) is 0 Å². The van der Waals surface area contributed by atoms with Crippen molar-refractivity contribution in [3.05, 3.63) is 23.3 Å². The molecule has 1 N–H and O–H groups in total. The average Bonchev–Trinajstić information content (AvgIpc) is 2.43. The maximum atomic E-state index is 10.5. The van der Waals surface area contributed by atoms with Crippen LogP contribution in [0.2, 0.25) is 0 Å². The molecular formula is C20H32O. The van der Waals surface area contributed by atoms with E-state index in [1.807, 2.05) is 0 Å². The molecule has 1 fully saturated rings. The van der Waals surface area contributed by atoms with Crippen molar-refractivity contribution in [2.45, 2.75) is 72.8 Å². The van der Waals surface area contributed by atoms with Crippen molar-refractivity contribution >= 4 is 0 Å². The Balaban J connectivity index is 1.98. The molecule has 118 valence electrons. The van der Waals surface area contributed by atoms with Gasteiger partial charge in [-0.25, -0.2) is 0 Å². The average molecular weight is 288 g/mol. The zero-order valence-electron chi connectivity index (χ0n) is 14.4. The van der Waals surface area contributed by atoms with Gasteiger partial charge in [0.15, 0.2) is 0 Å². The van der Waals surface area contributed by atoms with Crippen LogP contribution in [-0.2, 0) is 0 Å². The summed E-state index contributed by atoms with van der Waals surface area (Å²) in [6, 6.07) is 0. The Bertz CT molecular complexity index is 482. The van der Waals surface area contributed by atoms with Crippen LogP contribution in [0.5, 0.6) is 0 Å². The van der Waals surface area contributed by atoms with Gasteiger partial charge in [0.2, 0.25) is 0 Å². The lowest BCUT2D eigenvalue weighted by molar-refractivity contribution is -0.115. The predicted octanol–water partition coefficient (Wildman–Crippen LogP) is 5.11. The smallest absolute Gasteiger partial charge is 0.0594 e. The van der Waals surface area contributed by atoms with Gasteiger partial charge in [0.1, 0.15) is 0 Å². The lowest BCUT2D eigenvalue weighted by atomic mass is 9.46. The Kier molecular flexibility index (Phi) is 3.64. The van der Waals surface area contributed by atoms with Crippen molar-refractivity contribution in [3.8, 4) is 0 Å². The highest BCUT2D eigenvalue weighted by atomic mass is 16.3. The maximum absolute atomic E-state index is 10.5. The van der Waals surface area contributed by atoms with Crippen LogP contribution >= 0.6 is 0 Å². The van der Waals surface area contributed by atoms with E-state index in [-0.39, 0.29) is 11.5 Å². The number of hydrogen-bond acceptors (Lipinski definition) is 1. The summed E-state index contributed by atoms with van der Waals surface area (Å²) in [5.41, 5.74) is 3.67. The maximum Gasteiger partial charge on any atom is 0.0594 e. The second-order valence-electron chi connectivity index (χ2n) is 8.84. The minimum atomic E-state index is -0.129. The molecule has 1 nitrogen and oxygen atoms in total. The molecule has 0 heterocycles. The molecule has 1 saturated carbocycles. The van der Waals surface area contributed by atoms with Gasteiger partial charge in [0, 0.05) is 0 Å². The van der Waals surface area contributed by atoms with E-state index in [1.54, 1.807) is 11.1 Å². The first-order chi connectivity index (χ1) is 9.76. The Morgan fingerprint density at radius 2 is 1.90 bits per heavy atom. The molecule has 0 aromatic carbocycles. The van der Waals surface area contributed by atoms with Crippen LogP contribution in [0.25, 0.3) is 0 Å². The van der Waals surface area contributed by atoms with Gasteiger partial charge in [-0.05, 0) is 66.3 Å². The Morgan fingerprint density at radius 1 is 1.19 bits per heavy atom. The number of fused-ring (bicyclic) bond motifs is 3. The van der Waals surface area contributed by atoms with Crippen molar-refractivity contribution in [2.75, 3.05) is 0 Å². The quantitative estimate of drug-likeness (QED) is 0.710. The van der Waals surface area contributed by atoms with Gasteiger partial charge in [0.05, 0.1) is 6.10 Å². The van der Waals surface area contributed by atoms with Gasteiger partial charge in [-0.15, -0.1) is 0 Å². The Hall–Kier alpha value is -0.560. The first-order valence-electron chi connectivity index (χ1n) is 8.85. The Labute approximate surface area is 130 Å². The first-order valence-corrected chi connectivity index (χ1v) is 8.85. The molecule has 1 heteroatoms. The van der Waals surface area contributed by atoms with Gasteiger partial charge >= 0.3 is 0 Å². The molecule has 4 atom stereocenters. The summed E-state index contributed by atoms with van der Waals surface area (Å²) < 4.78 is 0. The molecule has 0 aromatic rings. The number of hydrogen-bond donors (Lipinski definition) is 1. The topological polar surface area (TPSA) is 20.2 Å². The van der Waals surface area contributed by atoms with Crippen LogP contribution in [-0.4, -0.2) is 11.2 Å². The molecule has 3 aliphatic rings. The number of aliphatic hydroxyl groups is 1. The minimum absolute atomic E-state index is 0.0526. The van der Waals surface area contributed by atoms with Crippen molar-refractivity contribution in [3.63, 3.8) is 0 Å². The van der Waals surface area contributed by atoms with E-state index in [2.05, 4.69) is 46.8 Å². The molecule has 0 saturated heterocycles. The molecule has 0 aliphatic heterocycles. The highest BCUT2D eigenvalue weighted by Crippen LogP contribution is 2.61. The third-order valence-electron chi connectivity index (χ3n) is 7.11. The zero-order valence-corrected chi connectivity index (χ0v) is 14.4. The summed E-state index contributed by atoms with van der Waals surface area (Å²) in [6.07, 6.45) is 10.8. The number of rotatable bonds is 1. The SMILES string of the molecule is CC(C)C1=CC2=CC[C@@H]3C(C)(C)[C@@H](O)CC[C@]3(C)[C@H]2CC1. The van der Waals surface area contributed by atoms with Crippen LogP contribution in [0, 0.1) is 28.6 Å². The van der Waals surface area contributed by atoms with E-state index in [9.17, 15) is 5.11 Å². The molecule has 3 aliphatic carbocycles. The fourth-order valence-corrected chi connectivity index (χ4v) is 5.55. The summed E-state index contributed by atoms with van der Waals surface area (Å²) in [7, 11) is 0. The van der Waals surface area contributed by atoms with E-state index in [1.165, 1.54) is 19.3 Å². The van der Waals surface area contributed by atoms with Crippen molar-refractivity contribution < 1.29 is 5.11 Å². The molecule has 0 spiro atoms. The van der Waals surface area contributed by atoms with E-state index in [0.717, 1.165) is 12.8 Å². The molecule has 0 aromatic heterocycles. The van der Waals surface area contributed by atoms with E-state index < -0.39 is 0 Å². The second kappa shape index (κ2) is 4.98. The van der Waals surface area contributed by atoms with E-state index in [0.29, 0.717) is 23.2 Å². The molecular weight excluding hydrogens is 256 g/mol. The minimum Gasteiger partial charge on any atom is -0.393 e. The molecule has 0 bridgehead atoms. The highest BCUT2D eigenvalue weighted by Gasteiger charge is 2.55. The zero-order chi connectivity index (χ0) is 15.4. The van der Waals surface area contributed by atoms with Crippen molar-refractivity contribution in [2.24, 2.45) is 28.6 Å². The van der Waals surface area contributed by atoms with Crippen molar-refractivity contribution in [1.29, 1.82) is 0 Å². The third-order valence-corrected chi connectivity index (χ3v) is 7.11. The predicted molar refractivity (Wildman–Crippen MR) is 89.0 cm³/mol. The van der Waals surface area contributed by atoms with Crippen molar-refractivity contribution in [1.82, 2.24) is 0 Å². The molecule has 3 rings (SSSR count). The molecule has 0 unspecified atom stereocenters. The summed E-state index contributed by atoms with van der Waals surface area (Å²) in [4.78, 5) is 0. The van der Waals surface area contributed by atoms with Crippen LogP contribution in [0.1, 0.15) is 66.7 Å². The molecule has 0 amide bonds. The molecule has 0 radical (unpaired) electrons. The van der Waals surface area contributed by atoms with Gasteiger partial charge < -0.3 is 5.11 Å². The fourth-order valence-electron chi connectivity index (χ4n) is 5.55. The van der Waals surface area contributed by atoms with Gasteiger partial charge in [-0.3, -0.25) is 0 Å². The lowest BCUT2D eigenvalue weighted by Crippen LogP contribution is -2.54. The fraction of sp³-hybridized carbons (Fsp3) is 0.800. The van der Waals surface area contributed by atoms with Crippen LogP contribution < -0.4 is 0 Å². The Morgan fingerprint density at radius 3 is 2.57 bits per heavy atom. The first kappa shape index (κ1) is 15.3. The summed E-state index contributed by atoms with van der Waals surface area (Å²) in [6.45, 7) is 11.7. The normalized spacial score (nSPS) is 42.0. The monoisotopic (exact) mass is 288 g/mol. The number of allylic oxidation sites excluding steroid dienone is 4. The summed E-state index contributed by atoms with van der Waals surface area (Å²) in [5, 5.41) is 10.5. The van der Waals surface area contributed by atoms with Gasteiger partial charge in [-0.1, -0.05) is 52.3 Å². The second-order valence-corrected chi connectivity index (χ2v) is 8.84. The van der Waals surface area contributed by atoms with Crippen LogP contribution in [0.3, 0.4) is 0 Å². The van der Waals surface area contributed by atoms with Gasteiger partial charge in [-0.2, -0.15) is 0 Å². The number of aliphatic hydroxyl groups excluding tert-OH is 1. The largest absolute Gasteiger partial charge is 0.393 e.